The number of esters is 1. The Hall–Kier alpha value is -0.730. The van der Waals surface area contributed by atoms with Crippen LogP contribution in [0.5, 0.6) is 0 Å². The molecule has 3 aliphatic rings. The van der Waals surface area contributed by atoms with Gasteiger partial charge in [-0.2, -0.15) is 0 Å². The second-order valence-corrected chi connectivity index (χ2v) is 6.47. The lowest BCUT2D eigenvalue weighted by molar-refractivity contribution is -0.467. The quantitative estimate of drug-likeness (QED) is 0.745. The van der Waals surface area contributed by atoms with Gasteiger partial charge in [-0.15, -0.1) is 0 Å². The van der Waals surface area contributed by atoms with E-state index >= 15 is 0 Å². The first-order valence-electron chi connectivity index (χ1n) is 7.09. The van der Waals surface area contributed by atoms with Crippen LogP contribution in [0.15, 0.2) is 0 Å². The fourth-order valence-electron chi connectivity index (χ4n) is 4.39. The molecule has 0 aromatic carbocycles. The molecule has 7 atom stereocenters. The van der Waals surface area contributed by atoms with Gasteiger partial charge in [0.2, 0.25) is 5.79 Å². The number of aliphatic hydroxyl groups excluding tert-OH is 1. The highest BCUT2D eigenvalue weighted by atomic mass is 16.9. The summed E-state index contributed by atoms with van der Waals surface area (Å²) in [5.74, 6) is -5.22. The molecule has 0 aromatic heterocycles. The second kappa shape index (κ2) is 3.97. The maximum absolute atomic E-state index is 12.2. The van der Waals surface area contributed by atoms with Crippen LogP contribution in [0.3, 0.4) is 0 Å². The molecule has 3 saturated heterocycles. The van der Waals surface area contributed by atoms with Gasteiger partial charge in [-0.25, -0.2) is 0 Å². The van der Waals surface area contributed by atoms with Crippen LogP contribution in [0.1, 0.15) is 34.6 Å². The summed E-state index contributed by atoms with van der Waals surface area (Å²) in [7, 11) is 1.29. The number of ether oxygens (including phenoxy) is 5. The number of hydrogen-bond donors (Lipinski definition) is 1. The third-order valence-corrected chi connectivity index (χ3v) is 5.00. The summed E-state index contributed by atoms with van der Waals surface area (Å²) < 4.78 is 28.8. The van der Waals surface area contributed by atoms with Crippen LogP contribution in [0.2, 0.25) is 0 Å². The number of hydrogen-bond acceptors (Lipinski definition) is 7. The van der Waals surface area contributed by atoms with Crippen molar-refractivity contribution < 1.29 is 33.6 Å². The van der Waals surface area contributed by atoms with E-state index in [0.29, 0.717) is 0 Å². The summed E-state index contributed by atoms with van der Waals surface area (Å²) in [6.45, 7) is 8.40. The van der Waals surface area contributed by atoms with E-state index in [0.717, 1.165) is 0 Å². The van der Waals surface area contributed by atoms with Crippen molar-refractivity contribution in [1.82, 2.24) is 0 Å². The zero-order valence-corrected chi connectivity index (χ0v) is 13.1. The number of rotatable bonds is 2. The first-order valence-corrected chi connectivity index (χ1v) is 7.09. The Kier molecular flexibility index (Phi) is 2.87. The Morgan fingerprint density at radius 3 is 2.29 bits per heavy atom. The monoisotopic (exact) mass is 302 g/mol. The number of fused-ring (bicyclic) bond motifs is 2. The van der Waals surface area contributed by atoms with Crippen LogP contribution in [0, 0.1) is 5.92 Å². The van der Waals surface area contributed by atoms with Crippen molar-refractivity contribution >= 4 is 5.97 Å². The van der Waals surface area contributed by atoms with Gasteiger partial charge in [0.25, 0.3) is 0 Å². The Morgan fingerprint density at radius 2 is 1.76 bits per heavy atom. The second-order valence-electron chi connectivity index (χ2n) is 6.47. The minimum Gasteiger partial charge on any atom is -0.468 e. The summed E-state index contributed by atoms with van der Waals surface area (Å²) in [6, 6.07) is 0. The van der Waals surface area contributed by atoms with Gasteiger partial charge in [0.1, 0.15) is 0 Å². The van der Waals surface area contributed by atoms with E-state index in [2.05, 4.69) is 0 Å². The summed E-state index contributed by atoms with van der Waals surface area (Å²) >= 11 is 0. The molecule has 0 saturated carbocycles. The smallest absolute Gasteiger partial charge is 0.319 e. The summed E-state index contributed by atoms with van der Waals surface area (Å²) in [5.41, 5.74) is -1.22. The SMILES string of the molecule is COC(=O)[C@@H]1[C@]2(C)O[C@@H](C)[C@@]3([C@@H](C)O)O[C@@]1(C)O[C@@]3(C)O2. The third-order valence-electron chi connectivity index (χ3n) is 5.00. The van der Waals surface area contributed by atoms with Crippen molar-refractivity contribution in [3.63, 3.8) is 0 Å². The van der Waals surface area contributed by atoms with E-state index in [-0.39, 0.29) is 0 Å². The molecule has 3 rings (SSSR count). The van der Waals surface area contributed by atoms with E-state index in [1.165, 1.54) is 7.11 Å². The fourth-order valence-corrected chi connectivity index (χ4v) is 4.39. The van der Waals surface area contributed by atoms with E-state index in [4.69, 9.17) is 23.7 Å². The zero-order valence-electron chi connectivity index (χ0n) is 13.1. The van der Waals surface area contributed by atoms with Gasteiger partial charge in [0, 0.05) is 0 Å². The zero-order chi connectivity index (χ0) is 15.8. The van der Waals surface area contributed by atoms with Gasteiger partial charge in [-0.3, -0.25) is 4.79 Å². The lowest BCUT2D eigenvalue weighted by Gasteiger charge is -2.56. The Morgan fingerprint density at radius 1 is 1.19 bits per heavy atom. The largest absolute Gasteiger partial charge is 0.468 e. The average Bonchev–Trinajstić information content (AvgIpc) is 2.49. The van der Waals surface area contributed by atoms with Gasteiger partial charge in [-0.05, 0) is 34.6 Å². The summed E-state index contributed by atoms with van der Waals surface area (Å²) in [5, 5.41) is 10.3. The van der Waals surface area contributed by atoms with Crippen LogP contribution >= 0.6 is 0 Å². The molecule has 0 aliphatic carbocycles. The molecule has 0 unspecified atom stereocenters. The predicted octanol–water partition coefficient (Wildman–Crippen LogP) is 0.540. The number of carbonyl (C=O) groups is 1. The minimum absolute atomic E-state index is 0.530. The summed E-state index contributed by atoms with van der Waals surface area (Å²) in [6.07, 6.45) is -1.45. The van der Waals surface area contributed by atoms with Crippen molar-refractivity contribution in [2.45, 2.75) is 69.8 Å². The first-order chi connectivity index (χ1) is 9.55. The van der Waals surface area contributed by atoms with Crippen LogP contribution in [-0.4, -0.2) is 53.4 Å². The molecule has 3 aliphatic heterocycles. The van der Waals surface area contributed by atoms with Crippen molar-refractivity contribution in [1.29, 1.82) is 0 Å². The van der Waals surface area contributed by atoms with Crippen LogP contribution in [0.4, 0.5) is 0 Å². The van der Waals surface area contributed by atoms with Crippen molar-refractivity contribution in [3.8, 4) is 0 Å². The lowest BCUT2D eigenvalue weighted by Crippen LogP contribution is -2.74. The standard InChI is InChI=1S/C14H22O7/c1-7(15)14-8(2)18-11(3)9(10(16)17-6)12(4,21-14)20-13(14,5)19-11/h7-9,15H,1-6H3/t7-,8+,9-,11-,12-,13-,14-/m1/s1. The Balaban J connectivity index is 2.19. The molecule has 3 fully saturated rings. The maximum atomic E-state index is 12.2. The van der Waals surface area contributed by atoms with Gasteiger partial charge in [0.05, 0.1) is 19.3 Å². The van der Waals surface area contributed by atoms with Crippen molar-refractivity contribution in [3.05, 3.63) is 0 Å². The number of aliphatic hydroxyl groups is 1. The predicted molar refractivity (Wildman–Crippen MR) is 68.9 cm³/mol. The summed E-state index contributed by atoms with van der Waals surface area (Å²) in [4.78, 5) is 12.2. The highest BCUT2D eigenvalue weighted by Gasteiger charge is 2.82. The minimum atomic E-state index is -1.30. The molecule has 0 amide bonds. The highest BCUT2D eigenvalue weighted by molar-refractivity contribution is 5.75. The number of carbonyl (C=O) groups excluding carboxylic acids is 1. The molecule has 0 spiro atoms. The molecule has 3 heterocycles. The van der Waals surface area contributed by atoms with Gasteiger partial charge in [-0.1, -0.05) is 0 Å². The van der Waals surface area contributed by atoms with Crippen LogP contribution in [0.25, 0.3) is 0 Å². The third kappa shape index (κ3) is 1.53. The average molecular weight is 302 g/mol. The van der Waals surface area contributed by atoms with Gasteiger partial charge in [0.15, 0.2) is 23.1 Å². The van der Waals surface area contributed by atoms with Crippen molar-refractivity contribution in [2.75, 3.05) is 7.11 Å². The van der Waals surface area contributed by atoms with E-state index in [9.17, 15) is 9.90 Å². The molecule has 21 heavy (non-hydrogen) atoms. The van der Waals surface area contributed by atoms with E-state index in [1.54, 1.807) is 34.6 Å². The topological polar surface area (TPSA) is 83.5 Å². The van der Waals surface area contributed by atoms with Gasteiger partial charge < -0.3 is 28.8 Å². The van der Waals surface area contributed by atoms with Crippen molar-refractivity contribution in [2.24, 2.45) is 5.92 Å². The first kappa shape index (κ1) is 15.2. The molecular formula is C14H22O7. The van der Waals surface area contributed by atoms with Gasteiger partial charge >= 0.3 is 5.97 Å². The van der Waals surface area contributed by atoms with E-state index < -0.39 is 47.1 Å². The fraction of sp³-hybridized carbons (Fsp3) is 0.929. The lowest BCUT2D eigenvalue weighted by atomic mass is 9.81. The Labute approximate surface area is 123 Å². The molecule has 3 bridgehead atoms. The highest BCUT2D eigenvalue weighted by Crippen LogP contribution is 2.63. The molecule has 7 heteroatoms. The molecule has 0 radical (unpaired) electrons. The van der Waals surface area contributed by atoms with Crippen LogP contribution < -0.4 is 0 Å². The maximum Gasteiger partial charge on any atom is 0.319 e. The number of methoxy groups -OCH3 is 1. The van der Waals surface area contributed by atoms with Crippen LogP contribution in [-0.2, 0) is 28.5 Å². The molecule has 0 aromatic rings. The molecular weight excluding hydrogens is 280 g/mol. The molecule has 1 N–H and O–H groups in total. The molecule has 7 nitrogen and oxygen atoms in total. The Bertz CT molecular complexity index is 494. The van der Waals surface area contributed by atoms with E-state index in [1.807, 2.05) is 0 Å². The molecule has 120 valence electrons. The normalized spacial score (nSPS) is 56.3.